The fourth-order valence-corrected chi connectivity index (χ4v) is 2.81. The van der Waals surface area contributed by atoms with Crippen molar-refractivity contribution in [2.75, 3.05) is 38.5 Å². The van der Waals surface area contributed by atoms with Gasteiger partial charge in [-0.25, -0.2) is 0 Å². The molecule has 20 heavy (non-hydrogen) atoms. The molecule has 2 N–H and O–H groups in total. The number of amides is 1. The number of halogens is 1. The fraction of sp³-hybridized carbons (Fsp3) is 0.533. The van der Waals surface area contributed by atoms with Gasteiger partial charge >= 0.3 is 0 Å². The number of carbonyl (C=O) groups is 1. The highest BCUT2D eigenvalue weighted by molar-refractivity contribution is 9.10. The first-order valence-electron chi connectivity index (χ1n) is 7.08. The number of hydrogen-bond acceptors (Lipinski definition) is 3. The smallest absolute Gasteiger partial charge is 0.238 e. The number of benzene rings is 1. The van der Waals surface area contributed by atoms with Crippen molar-refractivity contribution in [3.05, 3.63) is 28.7 Å². The maximum absolute atomic E-state index is 12.0. The zero-order valence-corrected chi connectivity index (χ0v) is 13.4. The van der Waals surface area contributed by atoms with Gasteiger partial charge in [0.2, 0.25) is 5.91 Å². The number of carbonyl (C=O) groups excluding carboxylic acids is 1. The lowest BCUT2D eigenvalue weighted by molar-refractivity contribution is -0.117. The molecule has 110 valence electrons. The van der Waals surface area contributed by atoms with Crippen LogP contribution in [0.2, 0.25) is 0 Å². The van der Waals surface area contributed by atoms with E-state index in [4.69, 9.17) is 0 Å². The number of hydrogen-bond donors (Lipinski definition) is 2. The van der Waals surface area contributed by atoms with Gasteiger partial charge in [0.05, 0.1) is 6.54 Å². The van der Waals surface area contributed by atoms with Gasteiger partial charge in [-0.1, -0.05) is 15.9 Å². The number of likely N-dealkylation sites (N-methyl/N-ethyl adjacent to an activating group) is 1. The van der Waals surface area contributed by atoms with Crippen molar-refractivity contribution in [1.29, 1.82) is 0 Å². The van der Waals surface area contributed by atoms with E-state index in [2.05, 4.69) is 31.5 Å². The quantitative estimate of drug-likeness (QED) is 0.865. The average molecular weight is 340 g/mol. The number of rotatable bonds is 5. The molecule has 0 bridgehead atoms. The van der Waals surface area contributed by atoms with Gasteiger partial charge in [-0.05, 0) is 63.2 Å². The Morgan fingerprint density at radius 2 is 2.00 bits per heavy atom. The van der Waals surface area contributed by atoms with E-state index >= 15 is 0 Å². The van der Waals surface area contributed by atoms with Crippen LogP contribution in [0.1, 0.15) is 12.8 Å². The zero-order valence-electron chi connectivity index (χ0n) is 11.9. The summed E-state index contributed by atoms with van der Waals surface area (Å²) < 4.78 is 1.01. The minimum atomic E-state index is 0.0451. The Kier molecular flexibility index (Phi) is 6.01. The van der Waals surface area contributed by atoms with E-state index in [0.717, 1.165) is 29.8 Å². The highest BCUT2D eigenvalue weighted by Crippen LogP contribution is 2.15. The summed E-state index contributed by atoms with van der Waals surface area (Å²) in [5.74, 6) is 0.755. The van der Waals surface area contributed by atoms with Crippen molar-refractivity contribution in [2.24, 2.45) is 5.92 Å². The van der Waals surface area contributed by atoms with Crippen molar-refractivity contribution in [3.8, 4) is 0 Å². The molecule has 0 unspecified atom stereocenters. The number of nitrogens with zero attached hydrogens (tertiary/aromatic N) is 1. The molecule has 1 aliphatic rings. The molecule has 1 amide bonds. The van der Waals surface area contributed by atoms with E-state index in [1.807, 2.05) is 31.3 Å². The molecule has 0 spiro atoms. The largest absolute Gasteiger partial charge is 0.325 e. The third-order valence-corrected chi connectivity index (χ3v) is 4.10. The van der Waals surface area contributed by atoms with Crippen molar-refractivity contribution in [1.82, 2.24) is 10.2 Å². The van der Waals surface area contributed by atoms with Crippen LogP contribution in [0.3, 0.4) is 0 Å². The van der Waals surface area contributed by atoms with Gasteiger partial charge in [0, 0.05) is 16.7 Å². The fourth-order valence-electron chi connectivity index (χ4n) is 2.55. The lowest BCUT2D eigenvalue weighted by Gasteiger charge is -2.27. The third kappa shape index (κ3) is 5.23. The Morgan fingerprint density at radius 1 is 1.35 bits per heavy atom. The van der Waals surface area contributed by atoms with E-state index in [0.29, 0.717) is 12.5 Å². The van der Waals surface area contributed by atoms with E-state index in [-0.39, 0.29) is 5.91 Å². The summed E-state index contributed by atoms with van der Waals surface area (Å²) >= 11 is 3.38. The van der Waals surface area contributed by atoms with Gasteiger partial charge in [0.1, 0.15) is 0 Å². The Labute approximate surface area is 129 Å². The maximum atomic E-state index is 12.0. The van der Waals surface area contributed by atoms with E-state index < -0.39 is 0 Å². The van der Waals surface area contributed by atoms with Gasteiger partial charge in [-0.3, -0.25) is 9.69 Å². The monoisotopic (exact) mass is 339 g/mol. The second kappa shape index (κ2) is 7.76. The zero-order chi connectivity index (χ0) is 14.4. The summed E-state index contributed by atoms with van der Waals surface area (Å²) in [5, 5.41) is 6.29. The summed E-state index contributed by atoms with van der Waals surface area (Å²) in [4.78, 5) is 14.1. The van der Waals surface area contributed by atoms with Gasteiger partial charge in [0.25, 0.3) is 0 Å². The highest BCUT2D eigenvalue weighted by Gasteiger charge is 2.16. The van der Waals surface area contributed by atoms with Crippen LogP contribution in [0.15, 0.2) is 28.7 Å². The van der Waals surface area contributed by atoms with E-state index in [1.165, 1.54) is 12.8 Å². The number of anilines is 1. The topological polar surface area (TPSA) is 44.4 Å². The maximum Gasteiger partial charge on any atom is 0.238 e. The molecule has 1 aromatic rings. The Balaban J connectivity index is 1.74. The number of piperidine rings is 1. The predicted molar refractivity (Wildman–Crippen MR) is 85.9 cm³/mol. The van der Waals surface area contributed by atoms with Crippen molar-refractivity contribution in [2.45, 2.75) is 12.8 Å². The molecule has 0 aromatic heterocycles. The normalized spacial score (nSPS) is 16.4. The minimum absolute atomic E-state index is 0.0451. The molecule has 1 aromatic carbocycles. The Morgan fingerprint density at radius 3 is 2.65 bits per heavy atom. The van der Waals surface area contributed by atoms with Crippen LogP contribution in [0.4, 0.5) is 5.69 Å². The van der Waals surface area contributed by atoms with Crippen molar-refractivity contribution >= 4 is 27.5 Å². The molecule has 1 heterocycles. The van der Waals surface area contributed by atoms with Crippen LogP contribution in [0, 0.1) is 5.92 Å². The van der Waals surface area contributed by atoms with Crippen LogP contribution in [0.25, 0.3) is 0 Å². The molecule has 1 saturated heterocycles. The summed E-state index contributed by atoms with van der Waals surface area (Å²) in [6, 6.07) is 7.65. The average Bonchev–Trinajstić information content (AvgIpc) is 2.42. The standard InChI is InChI=1S/C15H22BrN3O/c1-19(10-12-6-8-17-9-7-12)11-15(20)18-14-4-2-13(16)3-5-14/h2-5,12,17H,6-11H2,1H3,(H,18,20). The van der Waals surface area contributed by atoms with E-state index in [9.17, 15) is 4.79 Å². The van der Waals surface area contributed by atoms with E-state index in [1.54, 1.807) is 0 Å². The first-order chi connectivity index (χ1) is 9.63. The molecular formula is C15H22BrN3O. The third-order valence-electron chi connectivity index (χ3n) is 3.57. The second-order valence-electron chi connectivity index (χ2n) is 5.45. The second-order valence-corrected chi connectivity index (χ2v) is 6.36. The summed E-state index contributed by atoms with van der Waals surface area (Å²) in [6.07, 6.45) is 2.41. The first-order valence-corrected chi connectivity index (χ1v) is 7.87. The van der Waals surface area contributed by atoms with Gasteiger partial charge in [0.15, 0.2) is 0 Å². The molecular weight excluding hydrogens is 318 g/mol. The van der Waals surface area contributed by atoms with Crippen LogP contribution >= 0.6 is 15.9 Å². The van der Waals surface area contributed by atoms with Crippen LogP contribution in [-0.4, -0.2) is 44.0 Å². The summed E-state index contributed by atoms with van der Waals surface area (Å²) in [6.45, 7) is 3.64. The molecule has 1 fully saturated rings. The molecule has 0 saturated carbocycles. The molecule has 1 aliphatic heterocycles. The first kappa shape index (κ1) is 15.5. The van der Waals surface area contributed by atoms with Crippen LogP contribution in [0.5, 0.6) is 0 Å². The Bertz CT molecular complexity index is 429. The SMILES string of the molecule is CN(CC(=O)Nc1ccc(Br)cc1)CC1CCNCC1. The Hall–Kier alpha value is -0.910. The minimum Gasteiger partial charge on any atom is -0.325 e. The van der Waals surface area contributed by atoms with Crippen LogP contribution in [-0.2, 0) is 4.79 Å². The molecule has 0 radical (unpaired) electrons. The summed E-state index contributed by atoms with van der Waals surface area (Å²) in [5.41, 5.74) is 0.841. The predicted octanol–water partition coefficient (Wildman–Crippen LogP) is 2.32. The lowest BCUT2D eigenvalue weighted by Crippen LogP contribution is -2.37. The number of nitrogens with one attached hydrogen (secondary N) is 2. The van der Waals surface area contributed by atoms with Gasteiger partial charge < -0.3 is 10.6 Å². The molecule has 4 nitrogen and oxygen atoms in total. The van der Waals surface area contributed by atoms with Gasteiger partial charge in [-0.15, -0.1) is 0 Å². The van der Waals surface area contributed by atoms with Crippen molar-refractivity contribution in [3.63, 3.8) is 0 Å². The highest BCUT2D eigenvalue weighted by atomic mass is 79.9. The molecule has 5 heteroatoms. The molecule has 0 atom stereocenters. The summed E-state index contributed by atoms with van der Waals surface area (Å²) in [7, 11) is 2.02. The van der Waals surface area contributed by atoms with Crippen molar-refractivity contribution < 1.29 is 4.79 Å². The molecule has 2 rings (SSSR count). The van der Waals surface area contributed by atoms with Crippen LogP contribution < -0.4 is 10.6 Å². The van der Waals surface area contributed by atoms with Gasteiger partial charge in [-0.2, -0.15) is 0 Å². The molecule has 0 aliphatic carbocycles. The lowest BCUT2D eigenvalue weighted by atomic mass is 9.98.